The number of rotatable bonds is 5. The first kappa shape index (κ1) is 21.1. The van der Waals surface area contributed by atoms with E-state index in [0.717, 1.165) is 34.0 Å². The van der Waals surface area contributed by atoms with Gasteiger partial charge in [-0.3, -0.25) is 14.8 Å². The molecular formula is C25H21N3O4S. The van der Waals surface area contributed by atoms with Gasteiger partial charge in [0.2, 0.25) is 0 Å². The average Bonchev–Trinajstić information content (AvgIpc) is 3.35. The second-order valence-electron chi connectivity index (χ2n) is 7.31. The maximum absolute atomic E-state index is 12.8. The first-order chi connectivity index (χ1) is 16.2. The van der Waals surface area contributed by atoms with Gasteiger partial charge >= 0.3 is 0 Å². The van der Waals surface area contributed by atoms with E-state index >= 15 is 0 Å². The Kier molecular flexibility index (Phi) is 5.75. The number of pyridine rings is 1. The molecule has 7 nitrogen and oxygen atoms in total. The highest BCUT2D eigenvalue weighted by atomic mass is 32.2. The molecule has 1 aliphatic rings. The molecule has 3 aromatic carbocycles. The normalized spacial score (nSPS) is 13.1. The van der Waals surface area contributed by atoms with Crippen LogP contribution in [0.15, 0.2) is 65.8 Å². The fraction of sp³-hybridized carbons (Fsp3) is 0.160. The number of carbonyl (C=O) groups excluding carboxylic acids is 1. The van der Waals surface area contributed by atoms with Gasteiger partial charge < -0.3 is 19.5 Å². The monoisotopic (exact) mass is 459 g/mol. The summed E-state index contributed by atoms with van der Waals surface area (Å²) in [5, 5.41) is 6.12. The summed E-state index contributed by atoms with van der Waals surface area (Å²) < 4.78 is 17.0. The molecule has 1 aromatic heterocycles. The van der Waals surface area contributed by atoms with Gasteiger partial charge in [-0.1, -0.05) is 23.9 Å². The topological polar surface area (TPSA) is 82.0 Å². The molecule has 1 amide bonds. The molecular weight excluding hydrogens is 438 g/mol. The highest BCUT2D eigenvalue weighted by Crippen LogP contribution is 2.37. The average molecular weight is 460 g/mol. The second-order valence-corrected chi connectivity index (χ2v) is 8.40. The third kappa shape index (κ3) is 4.17. The number of ether oxygens (including phenoxy) is 3. The van der Waals surface area contributed by atoms with Crippen LogP contribution in [0, 0.1) is 0 Å². The van der Waals surface area contributed by atoms with E-state index in [1.165, 1.54) is 0 Å². The summed E-state index contributed by atoms with van der Waals surface area (Å²) >= 11 is 1.56. The number of carbonyl (C=O) groups is 1. The van der Waals surface area contributed by atoms with Crippen molar-refractivity contribution in [3.63, 3.8) is 0 Å². The van der Waals surface area contributed by atoms with Gasteiger partial charge in [0.15, 0.2) is 16.7 Å². The highest BCUT2D eigenvalue weighted by molar-refractivity contribution is 8.14. The van der Waals surface area contributed by atoms with E-state index < -0.39 is 0 Å². The fourth-order valence-electron chi connectivity index (χ4n) is 3.76. The van der Waals surface area contributed by atoms with Crippen molar-refractivity contribution in [3.8, 4) is 23.0 Å². The number of aliphatic imine (C=N–C) groups is 1. The van der Waals surface area contributed by atoms with Gasteiger partial charge in [-0.25, -0.2) is 0 Å². The van der Waals surface area contributed by atoms with Gasteiger partial charge in [0.25, 0.3) is 5.91 Å². The van der Waals surface area contributed by atoms with Crippen LogP contribution in [0.5, 0.6) is 23.0 Å². The number of amidine groups is 1. The first-order valence-corrected chi connectivity index (χ1v) is 11.3. The molecule has 8 heteroatoms. The summed E-state index contributed by atoms with van der Waals surface area (Å²) in [6.07, 6.45) is 1.69. The first-order valence-electron chi connectivity index (χ1n) is 10.4. The number of aromatic nitrogens is 1. The zero-order valence-corrected chi connectivity index (χ0v) is 18.9. The van der Waals surface area contributed by atoms with Crippen LogP contribution in [-0.2, 0) is 0 Å². The minimum absolute atomic E-state index is 0.163. The molecule has 0 radical (unpaired) electrons. The van der Waals surface area contributed by atoms with Crippen LogP contribution in [0.25, 0.3) is 21.7 Å². The standard InChI is InChI=1S/C25H21N3O4S/c1-30-22-13-19-20(14-23(22)31-2)26-9-8-21(19)32-16-6-7-17-15(12-16)4-3-5-18(17)24(29)28-25-27-10-11-33-25/h3-9,12-14H,10-11H2,1-2H3,(H,27,28,29). The Balaban J connectivity index is 1.48. The molecule has 0 fully saturated rings. The van der Waals surface area contributed by atoms with Gasteiger partial charge in [0.05, 0.1) is 26.3 Å². The number of nitrogens with one attached hydrogen (secondary N) is 1. The Bertz CT molecular complexity index is 1400. The molecule has 1 N–H and O–H groups in total. The van der Waals surface area contributed by atoms with Crippen molar-refractivity contribution in [3.05, 3.63) is 66.4 Å². The third-order valence-electron chi connectivity index (χ3n) is 5.34. The Morgan fingerprint density at radius 2 is 1.82 bits per heavy atom. The maximum Gasteiger partial charge on any atom is 0.257 e. The molecule has 0 spiro atoms. The molecule has 0 saturated carbocycles. The van der Waals surface area contributed by atoms with Crippen molar-refractivity contribution in [1.82, 2.24) is 10.3 Å². The van der Waals surface area contributed by atoms with Crippen LogP contribution in [0.3, 0.4) is 0 Å². The van der Waals surface area contributed by atoms with E-state index in [9.17, 15) is 4.79 Å². The molecule has 4 aromatic rings. The maximum atomic E-state index is 12.8. The number of nitrogens with zero attached hydrogens (tertiary/aromatic N) is 2. The second kappa shape index (κ2) is 8.99. The molecule has 0 atom stereocenters. The minimum Gasteiger partial charge on any atom is -0.493 e. The molecule has 166 valence electrons. The van der Waals surface area contributed by atoms with Crippen molar-refractivity contribution in [2.45, 2.75) is 0 Å². The van der Waals surface area contributed by atoms with Crippen LogP contribution in [-0.4, -0.2) is 42.6 Å². The lowest BCUT2D eigenvalue weighted by molar-refractivity contribution is 0.0979. The third-order valence-corrected chi connectivity index (χ3v) is 6.23. The van der Waals surface area contributed by atoms with E-state index in [2.05, 4.69) is 15.3 Å². The van der Waals surface area contributed by atoms with Gasteiger partial charge in [-0.05, 0) is 47.2 Å². The highest BCUT2D eigenvalue weighted by Gasteiger charge is 2.16. The van der Waals surface area contributed by atoms with Crippen molar-refractivity contribution >= 4 is 44.5 Å². The molecule has 33 heavy (non-hydrogen) atoms. The van der Waals surface area contributed by atoms with Crippen molar-refractivity contribution in [2.75, 3.05) is 26.5 Å². The molecule has 5 rings (SSSR count). The number of thioether (sulfide) groups is 1. The molecule has 1 aliphatic heterocycles. The van der Waals surface area contributed by atoms with Crippen LogP contribution in [0.2, 0.25) is 0 Å². The summed E-state index contributed by atoms with van der Waals surface area (Å²) in [5.74, 6) is 3.23. The predicted octanol–water partition coefficient (Wildman–Crippen LogP) is 5.03. The van der Waals surface area contributed by atoms with Crippen LogP contribution < -0.4 is 19.5 Å². The molecule has 0 bridgehead atoms. The lowest BCUT2D eigenvalue weighted by atomic mass is 10.0. The van der Waals surface area contributed by atoms with Crippen LogP contribution in [0.4, 0.5) is 0 Å². The van der Waals surface area contributed by atoms with Gasteiger partial charge in [0, 0.05) is 29.0 Å². The van der Waals surface area contributed by atoms with Gasteiger partial charge in [0.1, 0.15) is 11.5 Å². The molecule has 2 heterocycles. The lowest BCUT2D eigenvalue weighted by Crippen LogP contribution is -2.27. The molecule has 0 aliphatic carbocycles. The summed E-state index contributed by atoms with van der Waals surface area (Å²) in [6.45, 7) is 0.735. The van der Waals surface area contributed by atoms with Crippen LogP contribution >= 0.6 is 11.8 Å². The van der Waals surface area contributed by atoms with E-state index in [1.807, 2.05) is 54.6 Å². The number of hydrogen-bond donors (Lipinski definition) is 1. The van der Waals surface area contributed by atoms with Crippen molar-refractivity contribution in [1.29, 1.82) is 0 Å². The van der Waals surface area contributed by atoms with Gasteiger partial charge in [-0.15, -0.1) is 0 Å². The number of hydrogen-bond acceptors (Lipinski definition) is 7. The Morgan fingerprint density at radius 3 is 2.61 bits per heavy atom. The van der Waals surface area contributed by atoms with E-state index in [4.69, 9.17) is 14.2 Å². The largest absolute Gasteiger partial charge is 0.493 e. The molecule has 0 unspecified atom stereocenters. The minimum atomic E-state index is -0.163. The van der Waals surface area contributed by atoms with Crippen molar-refractivity contribution in [2.24, 2.45) is 4.99 Å². The number of amides is 1. The van der Waals surface area contributed by atoms with Crippen molar-refractivity contribution < 1.29 is 19.0 Å². The smallest absolute Gasteiger partial charge is 0.257 e. The summed E-state index contributed by atoms with van der Waals surface area (Å²) in [4.78, 5) is 21.5. The quantitative estimate of drug-likeness (QED) is 0.451. The van der Waals surface area contributed by atoms with Crippen LogP contribution in [0.1, 0.15) is 10.4 Å². The fourth-order valence-corrected chi connectivity index (χ4v) is 4.49. The SMILES string of the molecule is COc1cc2nccc(Oc3ccc4c(C(=O)NC5=NCCS5)cccc4c3)c2cc1OC. The van der Waals surface area contributed by atoms with Gasteiger partial charge in [-0.2, -0.15) is 0 Å². The number of fused-ring (bicyclic) bond motifs is 2. The van der Waals surface area contributed by atoms with E-state index in [1.54, 1.807) is 32.2 Å². The van der Waals surface area contributed by atoms with E-state index in [-0.39, 0.29) is 5.91 Å². The Hall–Kier alpha value is -3.78. The number of benzene rings is 3. The van der Waals surface area contributed by atoms with E-state index in [0.29, 0.717) is 33.7 Å². The summed E-state index contributed by atoms with van der Waals surface area (Å²) in [6, 6.07) is 16.8. The lowest BCUT2D eigenvalue weighted by Gasteiger charge is -2.13. The Labute approximate surface area is 194 Å². The zero-order chi connectivity index (χ0) is 22.8. The Morgan fingerprint density at radius 1 is 0.970 bits per heavy atom. The zero-order valence-electron chi connectivity index (χ0n) is 18.1. The summed E-state index contributed by atoms with van der Waals surface area (Å²) in [5.41, 5.74) is 1.33. The summed E-state index contributed by atoms with van der Waals surface area (Å²) in [7, 11) is 3.18. The molecule has 0 saturated heterocycles. The predicted molar refractivity (Wildman–Crippen MR) is 131 cm³/mol. The number of methoxy groups -OCH3 is 2.